The van der Waals surface area contributed by atoms with Gasteiger partial charge in [0.05, 0.1) is 11.7 Å². The average molecular weight is 326 g/mol. The van der Waals surface area contributed by atoms with Gasteiger partial charge in [-0.15, -0.1) is 0 Å². The van der Waals surface area contributed by atoms with E-state index in [1.807, 2.05) is 0 Å². The summed E-state index contributed by atoms with van der Waals surface area (Å²) in [6.07, 6.45) is 12.1. The summed E-state index contributed by atoms with van der Waals surface area (Å²) in [5.74, 6) is 2.33. The van der Waals surface area contributed by atoms with Crippen LogP contribution in [0.1, 0.15) is 78.8 Å². The van der Waals surface area contributed by atoms with Crippen molar-refractivity contribution in [2.75, 3.05) is 6.54 Å². The van der Waals surface area contributed by atoms with Crippen LogP contribution in [0.15, 0.2) is 4.52 Å². The number of rotatable bonds is 3. The molecule has 0 saturated carbocycles. The van der Waals surface area contributed by atoms with Gasteiger partial charge >= 0.3 is 0 Å². The van der Waals surface area contributed by atoms with Gasteiger partial charge in [-0.1, -0.05) is 5.16 Å². The van der Waals surface area contributed by atoms with Crippen LogP contribution in [0.5, 0.6) is 0 Å². The highest BCUT2D eigenvalue weighted by molar-refractivity contribution is 5.26. The van der Waals surface area contributed by atoms with Crippen LogP contribution in [0.2, 0.25) is 0 Å². The second kappa shape index (κ2) is 6.03. The second-order valence-corrected chi connectivity index (χ2v) is 7.62. The fourth-order valence-electron chi connectivity index (χ4n) is 4.72. The molecule has 0 aromatic carbocycles. The lowest BCUT2D eigenvalue weighted by atomic mass is 9.96. The van der Waals surface area contributed by atoms with Crippen molar-refractivity contribution >= 4 is 0 Å². The molecular formula is C19H26N4O. The molecule has 1 saturated heterocycles. The molecule has 2 aromatic rings. The molecule has 0 bridgehead atoms. The van der Waals surface area contributed by atoms with E-state index in [0.717, 1.165) is 38.1 Å². The van der Waals surface area contributed by atoms with Gasteiger partial charge in [-0.2, -0.15) is 0 Å². The van der Waals surface area contributed by atoms with Gasteiger partial charge in [0.25, 0.3) is 0 Å². The Bertz CT molecular complexity index is 708. The SMILES string of the molecule is C1CCc2[nH]c(C3CCCN3Cc3noc4c3CCCC4)nc2C1. The predicted molar refractivity (Wildman–Crippen MR) is 90.8 cm³/mol. The van der Waals surface area contributed by atoms with Gasteiger partial charge < -0.3 is 9.51 Å². The largest absolute Gasteiger partial charge is 0.361 e. The summed E-state index contributed by atoms with van der Waals surface area (Å²) < 4.78 is 5.60. The zero-order chi connectivity index (χ0) is 15.9. The Morgan fingerprint density at radius 3 is 2.88 bits per heavy atom. The van der Waals surface area contributed by atoms with E-state index < -0.39 is 0 Å². The van der Waals surface area contributed by atoms with Gasteiger partial charge in [-0.05, 0) is 64.3 Å². The highest BCUT2D eigenvalue weighted by Crippen LogP contribution is 2.34. The van der Waals surface area contributed by atoms with E-state index >= 15 is 0 Å². The molecule has 1 N–H and O–H groups in total. The third kappa shape index (κ3) is 2.50. The zero-order valence-electron chi connectivity index (χ0n) is 14.3. The number of hydrogen-bond acceptors (Lipinski definition) is 4. The molecule has 2 aromatic heterocycles. The van der Waals surface area contributed by atoms with Crippen LogP contribution in [0.3, 0.4) is 0 Å². The molecule has 2 aliphatic carbocycles. The molecule has 3 heterocycles. The summed E-state index contributed by atoms with van der Waals surface area (Å²) in [5.41, 5.74) is 5.28. The monoisotopic (exact) mass is 326 g/mol. The average Bonchev–Trinajstić information content (AvgIpc) is 3.33. The third-order valence-electron chi connectivity index (χ3n) is 6.04. The second-order valence-electron chi connectivity index (χ2n) is 7.62. The molecule has 5 rings (SSSR count). The van der Waals surface area contributed by atoms with Crippen LogP contribution in [0.25, 0.3) is 0 Å². The smallest absolute Gasteiger partial charge is 0.140 e. The molecule has 0 spiro atoms. The Morgan fingerprint density at radius 2 is 1.92 bits per heavy atom. The van der Waals surface area contributed by atoms with Crippen LogP contribution >= 0.6 is 0 Å². The molecule has 5 heteroatoms. The molecule has 1 unspecified atom stereocenters. The van der Waals surface area contributed by atoms with E-state index in [0.29, 0.717) is 6.04 Å². The maximum atomic E-state index is 5.60. The van der Waals surface area contributed by atoms with Gasteiger partial charge in [0.15, 0.2) is 0 Å². The van der Waals surface area contributed by atoms with E-state index in [1.54, 1.807) is 0 Å². The number of aryl methyl sites for hydroxylation is 3. The van der Waals surface area contributed by atoms with Crippen molar-refractivity contribution in [3.63, 3.8) is 0 Å². The summed E-state index contributed by atoms with van der Waals surface area (Å²) in [6.45, 7) is 2.05. The molecule has 24 heavy (non-hydrogen) atoms. The lowest BCUT2D eigenvalue weighted by Crippen LogP contribution is -2.24. The van der Waals surface area contributed by atoms with Crippen molar-refractivity contribution in [1.82, 2.24) is 20.0 Å². The maximum absolute atomic E-state index is 5.60. The number of aromatic amines is 1. The van der Waals surface area contributed by atoms with E-state index in [4.69, 9.17) is 9.51 Å². The standard InChI is InChI=1S/C19H26N4O/c1-4-10-18-13(6-1)16(22-24-18)12-23-11-5-9-17(23)19-20-14-7-2-3-8-15(14)21-19/h17H,1-12H2,(H,20,21). The molecule has 0 radical (unpaired) electrons. The molecule has 1 aliphatic heterocycles. The zero-order valence-corrected chi connectivity index (χ0v) is 14.3. The Labute approximate surface area is 142 Å². The Hall–Kier alpha value is -1.62. The first-order chi connectivity index (χ1) is 11.9. The Morgan fingerprint density at radius 1 is 1.04 bits per heavy atom. The van der Waals surface area contributed by atoms with Gasteiger partial charge in [-0.25, -0.2) is 4.98 Å². The van der Waals surface area contributed by atoms with Crippen LogP contribution in [-0.2, 0) is 32.2 Å². The number of imidazole rings is 1. The fourth-order valence-corrected chi connectivity index (χ4v) is 4.72. The van der Waals surface area contributed by atoms with Gasteiger partial charge in [0.1, 0.15) is 17.3 Å². The van der Waals surface area contributed by atoms with Crippen molar-refractivity contribution in [3.8, 4) is 0 Å². The van der Waals surface area contributed by atoms with E-state index in [9.17, 15) is 0 Å². The van der Waals surface area contributed by atoms with Crippen molar-refractivity contribution < 1.29 is 4.52 Å². The van der Waals surface area contributed by atoms with Crippen LogP contribution in [0.4, 0.5) is 0 Å². The lowest BCUT2D eigenvalue weighted by molar-refractivity contribution is 0.232. The quantitative estimate of drug-likeness (QED) is 0.938. The minimum absolute atomic E-state index is 0.423. The van der Waals surface area contributed by atoms with Gasteiger partial charge in [0.2, 0.25) is 0 Å². The first-order valence-electron chi connectivity index (χ1n) is 9.66. The summed E-state index contributed by atoms with van der Waals surface area (Å²) >= 11 is 0. The fraction of sp³-hybridized carbons (Fsp3) is 0.684. The summed E-state index contributed by atoms with van der Waals surface area (Å²) in [6, 6.07) is 0.423. The summed E-state index contributed by atoms with van der Waals surface area (Å²) in [7, 11) is 0. The number of H-pyrrole nitrogens is 1. The highest BCUT2D eigenvalue weighted by atomic mass is 16.5. The van der Waals surface area contributed by atoms with Crippen molar-refractivity contribution in [2.45, 2.75) is 76.8 Å². The molecule has 1 fully saturated rings. The Kier molecular flexibility index (Phi) is 3.69. The summed E-state index contributed by atoms with van der Waals surface area (Å²) in [4.78, 5) is 11.2. The minimum Gasteiger partial charge on any atom is -0.361 e. The number of likely N-dealkylation sites (tertiary alicyclic amines) is 1. The highest BCUT2D eigenvalue weighted by Gasteiger charge is 2.31. The predicted octanol–water partition coefficient (Wildman–Crippen LogP) is 3.49. The number of fused-ring (bicyclic) bond motifs is 2. The first kappa shape index (κ1) is 14.7. The van der Waals surface area contributed by atoms with Gasteiger partial charge in [0, 0.05) is 24.2 Å². The number of nitrogens with zero attached hydrogens (tertiary/aromatic N) is 3. The van der Waals surface area contributed by atoms with E-state index in [1.165, 1.54) is 73.4 Å². The topological polar surface area (TPSA) is 58.0 Å². The first-order valence-corrected chi connectivity index (χ1v) is 9.66. The molecule has 5 nitrogen and oxygen atoms in total. The maximum Gasteiger partial charge on any atom is 0.140 e. The lowest BCUT2D eigenvalue weighted by Gasteiger charge is -2.22. The Balaban J connectivity index is 1.38. The third-order valence-corrected chi connectivity index (χ3v) is 6.04. The van der Waals surface area contributed by atoms with Gasteiger partial charge in [-0.3, -0.25) is 4.90 Å². The number of hydrogen-bond donors (Lipinski definition) is 1. The normalized spacial score (nSPS) is 24.1. The van der Waals surface area contributed by atoms with Crippen LogP contribution in [0, 0.1) is 0 Å². The number of nitrogens with one attached hydrogen (secondary N) is 1. The number of aromatic nitrogens is 3. The summed E-state index contributed by atoms with van der Waals surface area (Å²) in [5, 5.41) is 4.41. The van der Waals surface area contributed by atoms with Crippen LogP contribution < -0.4 is 0 Å². The van der Waals surface area contributed by atoms with E-state index in [-0.39, 0.29) is 0 Å². The molecule has 128 valence electrons. The molecule has 3 aliphatic rings. The van der Waals surface area contributed by atoms with E-state index in [2.05, 4.69) is 15.0 Å². The van der Waals surface area contributed by atoms with Crippen LogP contribution in [-0.4, -0.2) is 26.6 Å². The van der Waals surface area contributed by atoms with Crippen molar-refractivity contribution in [2.24, 2.45) is 0 Å². The molecule has 1 atom stereocenters. The minimum atomic E-state index is 0.423. The van der Waals surface area contributed by atoms with Crippen molar-refractivity contribution in [3.05, 3.63) is 34.2 Å². The van der Waals surface area contributed by atoms with Crippen molar-refractivity contribution in [1.29, 1.82) is 0 Å². The molecule has 0 amide bonds. The molecular weight excluding hydrogens is 300 g/mol.